The Labute approximate surface area is 120 Å². The Morgan fingerprint density at radius 2 is 1.84 bits per heavy atom. The molecule has 1 aromatic heterocycles. The van der Waals surface area contributed by atoms with Crippen LogP contribution in [0.4, 0.5) is 0 Å². The summed E-state index contributed by atoms with van der Waals surface area (Å²) in [5.41, 5.74) is 1.30. The van der Waals surface area contributed by atoms with Gasteiger partial charge >= 0.3 is 0 Å². The van der Waals surface area contributed by atoms with Gasteiger partial charge in [-0.25, -0.2) is 0 Å². The Kier molecular flexibility index (Phi) is 3.97. The monoisotopic (exact) mass is 279 g/mol. The molecule has 3 rings (SSSR count). The molecule has 1 N–H and O–H groups in total. The van der Waals surface area contributed by atoms with E-state index in [2.05, 4.69) is 23.3 Å². The van der Waals surface area contributed by atoms with Crippen molar-refractivity contribution in [2.45, 2.75) is 63.5 Å². The first-order chi connectivity index (χ1) is 9.24. The molecule has 0 amide bonds. The summed E-state index contributed by atoms with van der Waals surface area (Å²) in [4.78, 5) is 3.82. The van der Waals surface area contributed by atoms with E-state index >= 15 is 0 Å². The van der Waals surface area contributed by atoms with E-state index in [1.807, 2.05) is 0 Å². The Balaban J connectivity index is 1.89. The van der Waals surface area contributed by atoms with Gasteiger partial charge in [-0.3, -0.25) is 4.90 Å². The van der Waals surface area contributed by atoms with E-state index in [9.17, 15) is 5.11 Å². The Hall–Kier alpha value is -0.380. The molecule has 0 aromatic carbocycles. The van der Waals surface area contributed by atoms with Gasteiger partial charge in [-0.2, -0.15) is 0 Å². The van der Waals surface area contributed by atoms with Crippen LogP contribution in [0.3, 0.4) is 0 Å². The molecule has 1 aromatic rings. The molecule has 2 nitrogen and oxygen atoms in total. The molecule has 0 spiro atoms. The molecule has 3 heteroatoms. The molecule has 1 aliphatic carbocycles. The third-order valence-corrected chi connectivity index (χ3v) is 6.19. The Morgan fingerprint density at radius 3 is 2.42 bits per heavy atom. The first-order valence-electron chi connectivity index (χ1n) is 7.71. The van der Waals surface area contributed by atoms with Crippen molar-refractivity contribution < 1.29 is 5.11 Å². The van der Waals surface area contributed by atoms with Crippen LogP contribution in [0.25, 0.3) is 0 Å². The van der Waals surface area contributed by atoms with Gasteiger partial charge in [0.1, 0.15) is 6.10 Å². The SMILES string of the molecule is Cc1ccsc1C(O)C1(N2CCCCC2)CCCC1. The highest BCUT2D eigenvalue weighted by Gasteiger charge is 2.46. The third kappa shape index (κ3) is 2.37. The van der Waals surface area contributed by atoms with Crippen LogP contribution >= 0.6 is 11.3 Å². The number of aryl methyl sites for hydroxylation is 1. The van der Waals surface area contributed by atoms with Crippen LogP contribution in [0.1, 0.15) is 61.5 Å². The lowest BCUT2D eigenvalue weighted by molar-refractivity contribution is -0.0390. The highest BCUT2D eigenvalue weighted by Crippen LogP contribution is 2.47. The molecule has 1 unspecified atom stereocenters. The maximum absolute atomic E-state index is 11.1. The average molecular weight is 279 g/mol. The molecule has 1 aliphatic heterocycles. The van der Waals surface area contributed by atoms with E-state index in [4.69, 9.17) is 0 Å². The number of nitrogens with zero attached hydrogens (tertiary/aromatic N) is 1. The van der Waals surface area contributed by atoms with Crippen molar-refractivity contribution in [3.63, 3.8) is 0 Å². The zero-order valence-corrected chi connectivity index (χ0v) is 12.7. The smallest absolute Gasteiger partial charge is 0.107 e. The molecule has 0 bridgehead atoms. The van der Waals surface area contributed by atoms with Gasteiger partial charge in [0.05, 0.1) is 5.54 Å². The largest absolute Gasteiger partial charge is 0.386 e. The lowest BCUT2D eigenvalue weighted by Crippen LogP contribution is -2.53. The highest BCUT2D eigenvalue weighted by atomic mass is 32.1. The molecule has 2 fully saturated rings. The number of thiophene rings is 1. The molecule has 2 aliphatic rings. The topological polar surface area (TPSA) is 23.5 Å². The van der Waals surface area contributed by atoms with Crippen LogP contribution in [-0.4, -0.2) is 28.6 Å². The second-order valence-corrected chi connectivity index (χ2v) is 7.18. The van der Waals surface area contributed by atoms with Crippen molar-refractivity contribution in [1.82, 2.24) is 4.90 Å². The van der Waals surface area contributed by atoms with Crippen LogP contribution in [0.15, 0.2) is 11.4 Å². The van der Waals surface area contributed by atoms with Crippen molar-refractivity contribution in [3.05, 3.63) is 21.9 Å². The van der Waals surface area contributed by atoms with Crippen LogP contribution in [0, 0.1) is 6.92 Å². The van der Waals surface area contributed by atoms with E-state index in [0.717, 1.165) is 0 Å². The molecule has 106 valence electrons. The molecule has 19 heavy (non-hydrogen) atoms. The number of hydrogen-bond donors (Lipinski definition) is 1. The maximum Gasteiger partial charge on any atom is 0.107 e. The highest BCUT2D eigenvalue weighted by molar-refractivity contribution is 7.10. The number of aliphatic hydroxyl groups is 1. The van der Waals surface area contributed by atoms with Gasteiger partial charge in [-0.1, -0.05) is 19.3 Å². The third-order valence-electron chi connectivity index (χ3n) is 5.11. The van der Waals surface area contributed by atoms with E-state index in [-0.39, 0.29) is 11.6 Å². The second kappa shape index (κ2) is 5.55. The summed E-state index contributed by atoms with van der Waals surface area (Å²) < 4.78 is 0. The Bertz CT molecular complexity index is 416. The van der Waals surface area contributed by atoms with Crippen LogP contribution in [-0.2, 0) is 0 Å². The number of likely N-dealkylation sites (tertiary alicyclic amines) is 1. The van der Waals surface area contributed by atoms with E-state index in [1.165, 1.54) is 68.5 Å². The van der Waals surface area contributed by atoms with E-state index in [0.29, 0.717) is 0 Å². The molecule has 2 heterocycles. The molecule has 0 radical (unpaired) electrons. The van der Waals surface area contributed by atoms with Crippen LogP contribution < -0.4 is 0 Å². The molecule has 1 atom stereocenters. The summed E-state index contributed by atoms with van der Waals surface area (Å²) in [6.07, 6.45) is 8.58. The first kappa shape index (κ1) is 13.6. The predicted molar refractivity (Wildman–Crippen MR) is 80.6 cm³/mol. The minimum atomic E-state index is -0.284. The lowest BCUT2D eigenvalue weighted by Gasteiger charge is -2.46. The fraction of sp³-hybridized carbons (Fsp3) is 0.750. The normalized spacial score (nSPS) is 25.6. The van der Waals surface area contributed by atoms with Gasteiger partial charge in [0, 0.05) is 4.88 Å². The standard InChI is InChI=1S/C16H25NOS/c1-13-7-12-19-14(13)15(18)16(8-3-4-9-16)17-10-5-2-6-11-17/h7,12,15,18H,2-6,8-11H2,1H3. The fourth-order valence-electron chi connectivity index (χ4n) is 4.00. The van der Waals surface area contributed by atoms with Crippen molar-refractivity contribution in [2.75, 3.05) is 13.1 Å². The van der Waals surface area contributed by atoms with Crippen LogP contribution in [0.2, 0.25) is 0 Å². The molecule has 1 saturated carbocycles. The lowest BCUT2D eigenvalue weighted by atomic mass is 9.85. The quantitative estimate of drug-likeness (QED) is 0.907. The zero-order valence-electron chi connectivity index (χ0n) is 11.9. The van der Waals surface area contributed by atoms with Gasteiger partial charge < -0.3 is 5.11 Å². The Morgan fingerprint density at radius 1 is 1.16 bits per heavy atom. The maximum atomic E-state index is 11.1. The van der Waals surface area contributed by atoms with Crippen molar-refractivity contribution in [3.8, 4) is 0 Å². The van der Waals surface area contributed by atoms with Crippen molar-refractivity contribution in [1.29, 1.82) is 0 Å². The number of aliphatic hydroxyl groups excluding tert-OH is 1. The second-order valence-electron chi connectivity index (χ2n) is 6.23. The molecule has 1 saturated heterocycles. The first-order valence-corrected chi connectivity index (χ1v) is 8.59. The van der Waals surface area contributed by atoms with Gasteiger partial charge in [-0.05, 0) is 62.7 Å². The minimum absolute atomic E-state index is 0.0377. The number of hydrogen-bond acceptors (Lipinski definition) is 3. The summed E-state index contributed by atoms with van der Waals surface area (Å²) in [6, 6.07) is 2.14. The van der Waals surface area contributed by atoms with E-state index < -0.39 is 0 Å². The number of rotatable bonds is 3. The summed E-state index contributed by atoms with van der Waals surface area (Å²) in [6.45, 7) is 4.50. The predicted octanol–water partition coefficient (Wildman–Crippen LogP) is 3.89. The van der Waals surface area contributed by atoms with E-state index in [1.54, 1.807) is 11.3 Å². The summed E-state index contributed by atoms with van der Waals surface area (Å²) in [5.74, 6) is 0. The van der Waals surface area contributed by atoms with Gasteiger partial charge in [-0.15, -0.1) is 11.3 Å². The average Bonchev–Trinajstić information content (AvgIpc) is 3.08. The summed E-state index contributed by atoms with van der Waals surface area (Å²) in [7, 11) is 0. The summed E-state index contributed by atoms with van der Waals surface area (Å²) >= 11 is 1.73. The molecular weight excluding hydrogens is 254 g/mol. The zero-order chi connectivity index (χ0) is 13.3. The van der Waals surface area contributed by atoms with Gasteiger partial charge in [0.15, 0.2) is 0 Å². The fourth-order valence-corrected chi connectivity index (χ4v) is 5.02. The number of piperidine rings is 1. The van der Waals surface area contributed by atoms with Crippen molar-refractivity contribution in [2.24, 2.45) is 0 Å². The summed E-state index contributed by atoms with van der Waals surface area (Å²) in [5, 5.41) is 13.2. The minimum Gasteiger partial charge on any atom is -0.386 e. The van der Waals surface area contributed by atoms with Crippen molar-refractivity contribution >= 4 is 11.3 Å². The van der Waals surface area contributed by atoms with Crippen LogP contribution in [0.5, 0.6) is 0 Å². The van der Waals surface area contributed by atoms with Gasteiger partial charge in [0.25, 0.3) is 0 Å². The molecular formula is C16H25NOS. The van der Waals surface area contributed by atoms with Gasteiger partial charge in [0.2, 0.25) is 0 Å².